The average molecular weight is 393 g/mol. The molecule has 1 N–H and O–H groups in total. The Kier molecular flexibility index (Phi) is 5.19. The van der Waals surface area contributed by atoms with Crippen LogP contribution in [0.4, 0.5) is 5.95 Å². The molecule has 0 spiro atoms. The molecule has 1 aromatic carbocycles. The molecule has 4 rings (SSSR count). The predicted octanol–water partition coefficient (Wildman–Crippen LogP) is 4.80. The van der Waals surface area contributed by atoms with Gasteiger partial charge in [-0.25, -0.2) is 4.98 Å². The lowest BCUT2D eigenvalue weighted by atomic mass is 9.85. The maximum atomic E-state index is 4.94. The van der Waals surface area contributed by atoms with Crippen LogP contribution >= 0.6 is 0 Å². The number of anilines is 1. The monoisotopic (exact) mass is 392 g/mol. The first-order valence-electron chi connectivity index (χ1n) is 10.7. The number of hydrogen-bond acceptors (Lipinski definition) is 3. The van der Waals surface area contributed by atoms with Gasteiger partial charge in [0.1, 0.15) is 5.82 Å². The molecule has 1 fully saturated rings. The Labute approximate surface area is 174 Å². The lowest BCUT2D eigenvalue weighted by Crippen LogP contribution is -2.48. The van der Waals surface area contributed by atoms with Gasteiger partial charge in [0.05, 0.1) is 11.0 Å². The van der Waals surface area contributed by atoms with Crippen LogP contribution in [-0.2, 0) is 7.05 Å². The Hall–Kier alpha value is -2.27. The first-order chi connectivity index (χ1) is 13.8. The van der Waals surface area contributed by atoms with E-state index in [9.17, 15) is 0 Å². The number of aryl methyl sites for hydroxylation is 1. The molecule has 1 aliphatic heterocycles. The molecule has 0 saturated carbocycles. The molecule has 1 unspecified atom stereocenters. The maximum Gasteiger partial charge on any atom is 0.209 e. The fourth-order valence-electron chi connectivity index (χ4n) is 4.26. The molecule has 2 aromatic heterocycles. The average Bonchev–Trinajstić information content (AvgIpc) is 3.20. The van der Waals surface area contributed by atoms with Gasteiger partial charge in [0.15, 0.2) is 0 Å². The number of rotatable bonds is 4. The summed E-state index contributed by atoms with van der Waals surface area (Å²) >= 11 is 0. The topological polar surface area (TPSA) is 38.0 Å². The van der Waals surface area contributed by atoms with Gasteiger partial charge in [0.25, 0.3) is 0 Å². The van der Waals surface area contributed by atoms with Gasteiger partial charge in [0.2, 0.25) is 5.95 Å². The summed E-state index contributed by atoms with van der Waals surface area (Å²) in [7, 11) is 2.11. The van der Waals surface area contributed by atoms with Gasteiger partial charge in [-0.3, -0.25) is 9.47 Å². The minimum atomic E-state index is 0.207. The molecule has 5 nitrogen and oxygen atoms in total. The summed E-state index contributed by atoms with van der Waals surface area (Å²) in [5.74, 6) is 2.08. The van der Waals surface area contributed by atoms with Crippen molar-refractivity contribution in [2.24, 2.45) is 12.5 Å². The number of likely N-dealkylation sites (tertiary alicyclic amines) is 1. The molecule has 0 bridgehead atoms. The first-order valence-corrected chi connectivity index (χ1v) is 10.7. The Morgan fingerprint density at radius 2 is 1.79 bits per heavy atom. The van der Waals surface area contributed by atoms with E-state index >= 15 is 0 Å². The van der Waals surface area contributed by atoms with E-state index < -0.39 is 0 Å². The summed E-state index contributed by atoms with van der Waals surface area (Å²) in [6.45, 7) is 15.5. The third-order valence-corrected chi connectivity index (χ3v) is 6.44. The number of piperidine rings is 1. The zero-order valence-electron chi connectivity index (χ0n) is 18.4. The molecular formula is C24H34N5. The van der Waals surface area contributed by atoms with Crippen molar-refractivity contribution in [1.29, 1.82) is 0 Å². The van der Waals surface area contributed by atoms with E-state index in [0.717, 1.165) is 48.7 Å². The second-order valence-electron chi connectivity index (χ2n) is 9.49. The number of hydrogen-bond donors (Lipinski definition) is 1. The van der Waals surface area contributed by atoms with Crippen molar-refractivity contribution in [2.45, 2.75) is 52.6 Å². The van der Waals surface area contributed by atoms with Gasteiger partial charge >= 0.3 is 0 Å². The van der Waals surface area contributed by atoms with Gasteiger partial charge < -0.3 is 9.88 Å². The van der Waals surface area contributed by atoms with Gasteiger partial charge in [-0.05, 0) is 56.4 Å². The van der Waals surface area contributed by atoms with E-state index in [2.05, 4.69) is 97.4 Å². The van der Waals surface area contributed by atoms with Crippen LogP contribution < -0.4 is 5.32 Å². The van der Waals surface area contributed by atoms with Gasteiger partial charge in [-0.1, -0.05) is 32.9 Å². The van der Waals surface area contributed by atoms with Crippen molar-refractivity contribution in [3.8, 4) is 5.82 Å². The smallest absolute Gasteiger partial charge is 0.209 e. The third-order valence-electron chi connectivity index (χ3n) is 6.44. The molecule has 0 amide bonds. The highest BCUT2D eigenvalue weighted by atomic mass is 15.3. The molecule has 1 atom stereocenters. The predicted molar refractivity (Wildman–Crippen MR) is 122 cm³/mol. The van der Waals surface area contributed by atoms with Crippen LogP contribution in [0.1, 0.15) is 39.3 Å². The lowest BCUT2D eigenvalue weighted by Gasteiger charge is -2.42. The molecule has 3 heterocycles. The number of fused-ring (bicyclic) bond motifs is 1. The fourth-order valence-corrected chi connectivity index (χ4v) is 4.26. The molecule has 155 valence electrons. The largest absolute Gasteiger partial charge is 0.352 e. The summed E-state index contributed by atoms with van der Waals surface area (Å²) in [6.07, 6.45) is 2.22. The molecule has 3 aromatic rings. The number of aromatic nitrogens is 3. The Morgan fingerprint density at radius 3 is 2.41 bits per heavy atom. The maximum absolute atomic E-state index is 4.94. The van der Waals surface area contributed by atoms with Gasteiger partial charge in [0, 0.05) is 37.9 Å². The van der Waals surface area contributed by atoms with Crippen molar-refractivity contribution in [3.05, 3.63) is 49.0 Å². The second kappa shape index (κ2) is 7.52. The van der Waals surface area contributed by atoms with Crippen molar-refractivity contribution in [3.63, 3.8) is 0 Å². The van der Waals surface area contributed by atoms with Crippen LogP contribution in [0, 0.1) is 19.3 Å². The number of para-hydroxylation sites is 2. The molecule has 1 aliphatic rings. The van der Waals surface area contributed by atoms with Crippen molar-refractivity contribution in [1.82, 2.24) is 19.0 Å². The van der Waals surface area contributed by atoms with Crippen LogP contribution in [0.25, 0.3) is 16.9 Å². The molecule has 1 saturated heterocycles. The second-order valence-corrected chi connectivity index (χ2v) is 9.49. The summed E-state index contributed by atoms with van der Waals surface area (Å²) < 4.78 is 4.48. The minimum Gasteiger partial charge on any atom is -0.352 e. The van der Waals surface area contributed by atoms with Crippen LogP contribution in [0.3, 0.4) is 0 Å². The minimum absolute atomic E-state index is 0.207. The first kappa shape index (κ1) is 20.0. The van der Waals surface area contributed by atoms with Crippen molar-refractivity contribution < 1.29 is 0 Å². The highest BCUT2D eigenvalue weighted by Gasteiger charge is 2.30. The highest BCUT2D eigenvalue weighted by molar-refractivity contribution is 5.81. The van der Waals surface area contributed by atoms with E-state index in [4.69, 9.17) is 4.98 Å². The van der Waals surface area contributed by atoms with Crippen LogP contribution in [0.15, 0.2) is 36.4 Å². The van der Waals surface area contributed by atoms with Gasteiger partial charge in [-0.2, -0.15) is 0 Å². The molecule has 29 heavy (non-hydrogen) atoms. The molecule has 1 radical (unpaired) electrons. The van der Waals surface area contributed by atoms with Crippen LogP contribution in [0.5, 0.6) is 0 Å². The molecular weight excluding hydrogens is 358 g/mol. The Morgan fingerprint density at radius 1 is 1.10 bits per heavy atom. The zero-order valence-corrected chi connectivity index (χ0v) is 18.4. The summed E-state index contributed by atoms with van der Waals surface area (Å²) in [5.41, 5.74) is 3.61. The van der Waals surface area contributed by atoms with Crippen LogP contribution in [-0.4, -0.2) is 44.2 Å². The number of benzene rings is 1. The normalized spacial score (nSPS) is 17.7. The Balaban J connectivity index is 1.58. The van der Waals surface area contributed by atoms with Gasteiger partial charge in [-0.15, -0.1) is 0 Å². The fraction of sp³-hybridized carbons (Fsp3) is 0.500. The molecule has 5 heteroatoms. The highest BCUT2D eigenvalue weighted by Crippen LogP contribution is 2.29. The van der Waals surface area contributed by atoms with E-state index in [-0.39, 0.29) is 5.41 Å². The standard InChI is InChI=1S/C24H34N5/c1-17-11-12-22(27(17)6)29-21-10-8-7-9-20(21)26-23(29)25-19-13-15-28(16-14-19)18(2)24(3,4)5/h7-12,18-19H,2,13-16H2,1,3-6H3,(H,25,26). The quantitative estimate of drug-likeness (QED) is 0.693. The van der Waals surface area contributed by atoms with E-state index in [1.165, 1.54) is 5.69 Å². The third kappa shape index (κ3) is 3.80. The Bertz CT molecular complexity index is 983. The van der Waals surface area contributed by atoms with E-state index in [0.29, 0.717) is 12.1 Å². The number of nitrogens with zero attached hydrogens (tertiary/aromatic N) is 4. The number of imidazole rings is 1. The van der Waals surface area contributed by atoms with E-state index in [1.54, 1.807) is 0 Å². The zero-order chi connectivity index (χ0) is 20.8. The van der Waals surface area contributed by atoms with Crippen molar-refractivity contribution >= 4 is 17.0 Å². The molecule has 0 aliphatic carbocycles. The van der Waals surface area contributed by atoms with Crippen LogP contribution in [0.2, 0.25) is 0 Å². The number of nitrogens with one attached hydrogen (secondary N) is 1. The van der Waals surface area contributed by atoms with Crippen molar-refractivity contribution in [2.75, 3.05) is 18.4 Å². The summed E-state index contributed by atoms with van der Waals surface area (Å²) in [5, 5.41) is 3.76. The lowest BCUT2D eigenvalue weighted by molar-refractivity contribution is 0.106. The SMILES string of the molecule is [CH2]C(N1CCC(Nc2nc3ccccc3n2-c2ccc(C)n2C)CC1)C(C)(C)C. The summed E-state index contributed by atoms with van der Waals surface area (Å²) in [6, 6.07) is 13.5. The summed E-state index contributed by atoms with van der Waals surface area (Å²) in [4.78, 5) is 7.47. The van der Waals surface area contributed by atoms with E-state index in [1.807, 2.05) is 0 Å².